The summed E-state index contributed by atoms with van der Waals surface area (Å²) in [7, 11) is 0. The van der Waals surface area contributed by atoms with Crippen molar-refractivity contribution in [1.82, 2.24) is 0 Å². The number of unbranched alkanes of at least 4 members (excludes halogenated alkanes) is 10. The van der Waals surface area contributed by atoms with Crippen molar-refractivity contribution >= 4 is 17.9 Å². The van der Waals surface area contributed by atoms with Gasteiger partial charge >= 0.3 is 17.9 Å². The van der Waals surface area contributed by atoms with Crippen LogP contribution in [0.4, 0.5) is 0 Å². The molecule has 2 N–H and O–H groups in total. The Morgan fingerprint density at radius 3 is 1.87 bits per heavy atom. The summed E-state index contributed by atoms with van der Waals surface area (Å²) in [6, 6.07) is 0. The van der Waals surface area contributed by atoms with Crippen LogP contribution in [0, 0.1) is 0 Å². The van der Waals surface area contributed by atoms with Crippen molar-refractivity contribution in [3.8, 4) is 0 Å². The zero-order chi connectivity index (χ0) is 22.2. The highest BCUT2D eigenvalue weighted by Crippen LogP contribution is 2.28. The number of ether oxygens (including phenoxy) is 2. The van der Waals surface area contributed by atoms with Gasteiger partial charge in [-0.3, -0.25) is 9.59 Å². The molecule has 0 amide bonds. The van der Waals surface area contributed by atoms with Crippen LogP contribution in [-0.4, -0.2) is 46.4 Å². The van der Waals surface area contributed by atoms with Crippen molar-refractivity contribution in [2.24, 2.45) is 0 Å². The van der Waals surface area contributed by atoms with Crippen LogP contribution < -0.4 is 0 Å². The van der Waals surface area contributed by atoms with E-state index in [-0.39, 0.29) is 18.9 Å². The molecule has 0 radical (unpaired) electrons. The first-order valence-electron chi connectivity index (χ1n) is 11.7. The molecule has 0 spiro atoms. The third kappa shape index (κ3) is 13.6. The smallest absolute Gasteiger partial charge is 0.338 e. The highest BCUT2D eigenvalue weighted by Gasteiger charge is 2.48. The number of carbonyl (C=O) groups excluding carboxylic acids is 1. The molecular weight excluding hydrogens is 388 g/mol. The van der Waals surface area contributed by atoms with Gasteiger partial charge in [0.25, 0.3) is 0 Å². The van der Waals surface area contributed by atoms with E-state index in [1.807, 2.05) is 0 Å². The predicted octanol–water partition coefficient (Wildman–Crippen LogP) is 5.10. The van der Waals surface area contributed by atoms with E-state index in [0.29, 0.717) is 0 Å². The van der Waals surface area contributed by atoms with Crippen LogP contribution in [0.2, 0.25) is 0 Å². The fraction of sp³-hybridized carbons (Fsp3) is 0.870. The fourth-order valence-corrected chi connectivity index (χ4v) is 3.68. The molecule has 0 aromatic heterocycles. The minimum absolute atomic E-state index is 0.111. The molecule has 0 aliphatic carbocycles. The maximum absolute atomic E-state index is 12.2. The molecule has 7 heteroatoms. The second-order valence-electron chi connectivity index (χ2n) is 8.36. The van der Waals surface area contributed by atoms with Crippen LogP contribution in [0.5, 0.6) is 0 Å². The standard InChI is InChI=1S/C23H40O7/c1-2-3-4-11-14-18(29-23(28)22-19(30-22)17-21(26)27)15-12-9-7-5-6-8-10-13-16-20(24)25/h18-19,22H,2-17H2,1H3,(H,24,25)(H,26,27). The van der Waals surface area contributed by atoms with Gasteiger partial charge in [-0.05, 0) is 32.1 Å². The lowest BCUT2D eigenvalue weighted by Crippen LogP contribution is -2.23. The minimum Gasteiger partial charge on any atom is -0.481 e. The van der Waals surface area contributed by atoms with Crippen molar-refractivity contribution in [2.45, 2.75) is 128 Å². The summed E-state index contributed by atoms with van der Waals surface area (Å²) in [6.07, 6.45) is 13.3. The van der Waals surface area contributed by atoms with Crippen LogP contribution in [0.25, 0.3) is 0 Å². The number of hydrogen-bond acceptors (Lipinski definition) is 5. The average Bonchev–Trinajstić information content (AvgIpc) is 3.44. The molecule has 3 atom stereocenters. The quantitative estimate of drug-likeness (QED) is 0.158. The van der Waals surface area contributed by atoms with Crippen LogP contribution in [0.3, 0.4) is 0 Å². The number of hydrogen-bond donors (Lipinski definition) is 2. The largest absolute Gasteiger partial charge is 0.481 e. The molecule has 7 nitrogen and oxygen atoms in total. The summed E-state index contributed by atoms with van der Waals surface area (Å²) in [6.45, 7) is 2.16. The zero-order valence-electron chi connectivity index (χ0n) is 18.5. The summed E-state index contributed by atoms with van der Waals surface area (Å²) >= 11 is 0. The predicted molar refractivity (Wildman–Crippen MR) is 113 cm³/mol. The Balaban J connectivity index is 2.17. The number of aliphatic carboxylic acids is 2. The van der Waals surface area contributed by atoms with Gasteiger partial charge in [-0.2, -0.15) is 0 Å². The molecule has 1 heterocycles. The molecule has 1 aliphatic rings. The Bertz CT molecular complexity index is 506. The van der Waals surface area contributed by atoms with E-state index in [1.54, 1.807) is 0 Å². The van der Waals surface area contributed by atoms with Crippen molar-refractivity contribution in [2.75, 3.05) is 0 Å². The first-order chi connectivity index (χ1) is 14.4. The van der Waals surface area contributed by atoms with Gasteiger partial charge in [0.2, 0.25) is 0 Å². The van der Waals surface area contributed by atoms with E-state index in [1.165, 1.54) is 6.42 Å². The highest BCUT2D eigenvalue weighted by molar-refractivity contribution is 5.80. The van der Waals surface area contributed by atoms with Gasteiger partial charge in [0.05, 0.1) is 6.42 Å². The number of rotatable bonds is 20. The summed E-state index contributed by atoms with van der Waals surface area (Å²) in [5.74, 6) is -2.10. The molecule has 1 saturated heterocycles. The SMILES string of the molecule is CCCCCCC(CCCCCCCCCCC(=O)O)OC(=O)C1OC1CC(=O)O. The van der Waals surface area contributed by atoms with E-state index >= 15 is 0 Å². The molecule has 30 heavy (non-hydrogen) atoms. The molecule has 0 aromatic carbocycles. The zero-order valence-corrected chi connectivity index (χ0v) is 18.5. The van der Waals surface area contributed by atoms with Crippen LogP contribution in [0.1, 0.15) is 110 Å². The summed E-state index contributed by atoms with van der Waals surface area (Å²) in [4.78, 5) is 33.4. The molecular formula is C23H40O7. The van der Waals surface area contributed by atoms with Gasteiger partial charge in [-0.15, -0.1) is 0 Å². The monoisotopic (exact) mass is 428 g/mol. The Morgan fingerprint density at radius 1 is 0.800 bits per heavy atom. The summed E-state index contributed by atoms with van der Waals surface area (Å²) < 4.78 is 10.8. The topological polar surface area (TPSA) is 113 Å². The third-order valence-electron chi connectivity index (χ3n) is 5.52. The normalized spacial score (nSPS) is 18.7. The molecule has 1 aliphatic heterocycles. The van der Waals surface area contributed by atoms with Gasteiger partial charge in [0.1, 0.15) is 12.2 Å². The van der Waals surface area contributed by atoms with Crippen LogP contribution in [0.15, 0.2) is 0 Å². The van der Waals surface area contributed by atoms with Gasteiger partial charge in [0.15, 0.2) is 6.10 Å². The van der Waals surface area contributed by atoms with Crippen molar-refractivity contribution in [3.05, 3.63) is 0 Å². The second-order valence-corrected chi connectivity index (χ2v) is 8.36. The van der Waals surface area contributed by atoms with E-state index in [2.05, 4.69) is 6.92 Å². The number of carboxylic acids is 2. The first-order valence-corrected chi connectivity index (χ1v) is 11.7. The fourth-order valence-electron chi connectivity index (χ4n) is 3.68. The lowest BCUT2D eigenvalue weighted by Gasteiger charge is -2.17. The Hall–Kier alpha value is -1.63. The van der Waals surface area contributed by atoms with E-state index < -0.39 is 30.1 Å². The molecule has 1 fully saturated rings. The second kappa shape index (κ2) is 16.1. The summed E-state index contributed by atoms with van der Waals surface area (Å²) in [5, 5.41) is 17.4. The lowest BCUT2D eigenvalue weighted by molar-refractivity contribution is -0.151. The Labute approximate surface area is 180 Å². The Morgan fingerprint density at radius 2 is 1.33 bits per heavy atom. The molecule has 0 saturated carbocycles. The van der Waals surface area contributed by atoms with Gasteiger partial charge in [0, 0.05) is 6.42 Å². The molecule has 1 rings (SSSR count). The lowest BCUT2D eigenvalue weighted by atomic mass is 10.0. The van der Waals surface area contributed by atoms with Crippen molar-refractivity contribution in [1.29, 1.82) is 0 Å². The Kier molecular flexibility index (Phi) is 14.2. The van der Waals surface area contributed by atoms with Gasteiger partial charge in [-0.1, -0.05) is 64.7 Å². The molecule has 3 unspecified atom stereocenters. The van der Waals surface area contributed by atoms with Crippen LogP contribution >= 0.6 is 0 Å². The van der Waals surface area contributed by atoms with E-state index in [4.69, 9.17) is 19.7 Å². The number of esters is 1. The number of carboxylic acid groups (broad SMARTS) is 2. The third-order valence-corrected chi connectivity index (χ3v) is 5.52. The van der Waals surface area contributed by atoms with E-state index in [9.17, 15) is 14.4 Å². The number of carbonyl (C=O) groups is 3. The average molecular weight is 429 g/mol. The number of epoxide rings is 1. The van der Waals surface area contributed by atoms with Crippen molar-refractivity contribution < 1.29 is 34.1 Å². The van der Waals surface area contributed by atoms with E-state index in [0.717, 1.165) is 83.5 Å². The van der Waals surface area contributed by atoms with Crippen molar-refractivity contribution in [3.63, 3.8) is 0 Å². The van der Waals surface area contributed by atoms with Gasteiger partial charge < -0.3 is 19.7 Å². The maximum Gasteiger partial charge on any atom is 0.338 e. The molecule has 0 bridgehead atoms. The van der Waals surface area contributed by atoms with Crippen LogP contribution in [-0.2, 0) is 23.9 Å². The molecule has 174 valence electrons. The van der Waals surface area contributed by atoms with Gasteiger partial charge in [-0.25, -0.2) is 4.79 Å². The summed E-state index contributed by atoms with van der Waals surface area (Å²) in [5.41, 5.74) is 0. The minimum atomic E-state index is -0.965. The highest BCUT2D eigenvalue weighted by atomic mass is 16.6. The maximum atomic E-state index is 12.2. The molecule has 0 aromatic rings. The first kappa shape index (κ1) is 26.4.